The summed E-state index contributed by atoms with van der Waals surface area (Å²) in [6, 6.07) is 0. The molecule has 2 aliphatic rings. The van der Waals surface area contributed by atoms with Gasteiger partial charge in [-0.25, -0.2) is 0 Å². The molecule has 0 aromatic heterocycles. The molecule has 0 N–H and O–H groups in total. The molecule has 1 aliphatic carbocycles. The van der Waals surface area contributed by atoms with Crippen molar-refractivity contribution in [2.24, 2.45) is 5.41 Å². The molecule has 17 heavy (non-hydrogen) atoms. The summed E-state index contributed by atoms with van der Waals surface area (Å²) in [6.45, 7) is 2.64. The predicted molar refractivity (Wildman–Crippen MR) is 73.7 cm³/mol. The monoisotopic (exact) mass is 304 g/mol. The van der Waals surface area contributed by atoms with Gasteiger partial charge in [-0.15, -0.1) is 0 Å². The maximum Gasteiger partial charge on any atom is 0.0809 e. The number of hydrogen-bond donors (Lipinski definition) is 0. The second kappa shape index (κ2) is 7.10. The van der Waals surface area contributed by atoms with E-state index in [2.05, 4.69) is 15.9 Å². The first-order chi connectivity index (χ1) is 8.35. The second-order valence-corrected chi connectivity index (χ2v) is 6.26. The fourth-order valence-corrected chi connectivity index (χ4v) is 3.70. The molecule has 3 heteroatoms. The van der Waals surface area contributed by atoms with Gasteiger partial charge in [-0.2, -0.15) is 0 Å². The van der Waals surface area contributed by atoms with Crippen LogP contribution >= 0.6 is 15.9 Å². The first-order valence-corrected chi connectivity index (χ1v) is 8.22. The number of ether oxygens (including phenoxy) is 2. The summed E-state index contributed by atoms with van der Waals surface area (Å²) < 4.78 is 11.5. The van der Waals surface area contributed by atoms with Gasteiger partial charge in [0.2, 0.25) is 0 Å². The Kier molecular flexibility index (Phi) is 5.78. The summed E-state index contributed by atoms with van der Waals surface area (Å²) in [5.74, 6) is 0. The molecule has 2 rings (SSSR count). The summed E-state index contributed by atoms with van der Waals surface area (Å²) in [4.78, 5) is 0. The van der Waals surface area contributed by atoms with Gasteiger partial charge in [0.1, 0.15) is 0 Å². The van der Waals surface area contributed by atoms with Crippen LogP contribution in [-0.4, -0.2) is 31.3 Å². The van der Waals surface area contributed by atoms with Crippen molar-refractivity contribution in [2.45, 2.75) is 57.5 Å². The van der Waals surface area contributed by atoms with Crippen molar-refractivity contribution in [1.82, 2.24) is 0 Å². The first-order valence-electron chi connectivity index (χ1n) is 7.10. The zero-order valence-corrected chi connectivity index (χ0v) is 12.3. The lowest BCUT2D eigenvalue weighted by atomic mass is 9.83. The lowest BCUT2D eigenvalue weighted by molar-refractivity contribution is -0.0159. The molecule has 2 nitrogen and oxygen atoms in total. The number of hydrogen-bond acceptors (Lipinski definition) is 2. The maximum atomic E-state index is 5.95. The van der Waals surface area contributed by atoms with Gasteiger partial charge in [-0.1, -0.05) is 41.6 Å². The molecular weight excluding hydrogens is 280 g/mol. The Hall–Kier alpha value is 0.400. The van der Waals surface area contributed by atoms with E-state index >= 15 is 0 Å². The van der Waals surface area contributed by atoms with E-state index in [4.69, 9.17) is 9.47 Å². The molecule has 1 aliphatic heterocycles. The molecule has 1 saturated heterocycles. The Bertz CT molecular complexity index is 206. The highest BCUT2D eigenvalue weighted by atomic mass is 79.9. The molecule has 1 saturated carbocycles. The minimum Gasteiger partial charge on any atom is -0.378 e. The molecule has 100 valence electrons. The van der Waals surface area contributed by atoms with E-state index in [1.807, 2.05) is 0 Å². The molecule has 0 aromatic rings. The third-order valence-electron chi connectivity index (χ3n) is 4.18. The predicted octanol–water partition coefficient (Wildman–Crippen LogP) is 3.92. The Morgan fingerprint density at radius 1 is 1.12 bits per heavy atom. The Labute approximate surface area is 114 Å². The van der Waals surface area contributed by atoms with Crippen molar-refractivity contribution in [2.75, 3.05) is 25.2 Å². The quantitative estimate of drug-likeness (QED) is 0.566. The highest BCUT2D eigenvalue weighted by Crippen LogP contribution is 2.37. The van der Waals surface area contributed by atoms with Crippen LogP contribution in [0, 0.1) is 5.41 Å². The fourth-order valence-electron chi connectivity index (χ4n) is 2.98. The van der Waals surface area contributed by atoms with E-state index in [-0.39, 0.29) is 0 Å². The van der Waals surface area contributed by atoms with Gasteiger partial charge in [0.15, 0.2) is 0 Å². The van der Waals surface area contributed by atoms with E-state index in [1.54, 1.807) is 0 Å². The molecule has 1 atom stereocenters. The second-order valence-electron chi connectivity index (χ2n) is 5.70. The van der Waals surface area contributed by atoms with Gasteiger partial charge in [0, 0.05) is 17.4 Å². The standard InChI is InChI=1S/C14H25BrO2/c15-11-14(7-3-1-2-4-8-14)12-16-10-13-6-5-9-17-13/h13H,1-12H2. The van der Waals surface area contributed by atoms with Gasteiger partial charge >= 0.3 is 0 Å². The van der Waals surface area contributed by atoms with Crippen LogP contribution in [0.15, 0.2) is 0 Å². The summed E-state index contributed by atoms with van der Waals surface area (Å²) in [5.41, 5.74) is 0.398. The Balaban J connectivity index is 1.73. The topological polar surface area (TPSA) is 18.5 Å². The summed E-state index contributed by atoms with van der Waals surface area (Å²) in [6.07, 6.45) is 10.9. The van der Waals surface area contributed by atoms with Gasteiger partial charge in [-0.05, 0) is 25.7 Å². The van der Waals surface area contributed by atoms with Crippen LogP contribution in [0.25, 0.3) is 0 Å². The molecule has 0 spiro atoms. The van der Waals surface area contributed by atoms with E-state index in [0.29, 0.717) is 11.5 Å². The van der Waals surface area contributed by atoms with Crippen LogP contribution in [0.2, 0.25) is 0 Å². The smallest absolute Gasteiger partial charge is 0.0809 e. The van der Waals surface area contributed by atoms with Crippen LogP contribution in [0.5, 0.6) is 0 Å². The highest BCUT2D eigenvalue weighted by molar-refractivity contribution is 9.09. The van der Waals surface area contributed by atoms with Crippen LogP contribution in [0.3, 0.4) is 0 Å². The van der Waals surface area contributed by atoms with E-state index in [9.17, 15) is 0 Å². The molecule has 1 unspecified atom stereocenters. The molecule has 0 bridgehead atoms. The summed E-state index contributed by atoms with van der Waals surface area (Å²) in [7, 11) is 0. The van der Waals surface area contributed by atoms with Crippen LogP contribution in [0.4, 0.5) is 0 Å². The van der Waals surface area contributed by atoms with E-state index in [1.165, 1.54) is 51.4 Å². The Morgan fingerprint density at radius 2 is 1.88 bits per heavy atom. The van der Waals surface area contributed by atoms with E-state index in [0.717, 1.165) is 25.2 Å². The maximum absolute atomic E-state index is 5.95. The minimum absolute atomic E-state index is 0.369. The average molecular weight is 305 g/mol. The van der Waals surface area contributed by atoms with E-state index < -0.39 is 0 Å². The zero-order chi connectivity index (χ0) is 12.0. The molecule has 0 amide bonds. The van der Waals surface area contributed by atoms with Crippen LogP contribution in [-0.2, 0) is 9.47 Å². The molecular formula is C14H25BrO2. The van der Waals surface area contributed by atoms with Crippen molar-refractivity contribution in [3.63, 3.8) is 0 Å². The number of rotatable bonds is 5. The molecule has 0 radical (unpaired) electrons. The van der Waals surface area contributed by atoms with Gasteiger partial charge < -0.3 is 9.47 Å². The normalized spacial score (nSPS) is 29.1. The summed E-state index contributed by atoms with van der Waals surface area (Å²) in [5, 5.41) is 1.09. The largest absolute Gasteiger partial charge is 0.378 e. The van der Waals surface area contributed by atoms with Crippen LogP contribution in [0.1, 0.15) is 51.4 Å². The minimum atomic E-state index is 0.369. The highest BCUT2D eigenvalue weighted by Gasteiger charge is 2.30. The SMILES string of the molecule is BrCC1(COCC2CCCO2)CCCCCC1. The van der Waals surface area contributed by atoms with Gasteiger partial charge in [-0.3, -0.25) is 0 Å². The molecule has 1 heterocycles. The lowest BCUT2D eigenvalue weighted by Crippen LogP contribution is -2.30. The fraction of sp³-hybridized carbons (Fsp3) is 1.00. The molecule has 0 aromatic carbocycles. The van der Waals surface area contributed by atoms with Crippen LogP contribution < -0.4 is 0 Å². The first kappa shape index (κ1) is 13.8. The molecule has 2 fully saturated rings. The number of alkyl halides is 1. The third kappa shape index (κ3) is 4.22. The van der Waals surface area contributed by atoms with Crippen molar-refractivity contribution in [1.29, 1.82) is 0 Å². The lowest BCUT2D eigenvalue weighted by Gasteiger charge is -2.30. The van der Waals surface area contributed by atoms with Gasteiger partial charge in [0.25, 0.3) is 0 Å². The van der Waals surface area contributed by atoms with Crippen molar-refractivity contribution in [3.05, 3.63) is 0 Å². The van der Waals surface area contributed by atoms with Crippen molar-refractivity contribution >= 4 is 15.9 Å². The Morgan fingerprint density at radius 3 is 2.47 bits per heavy atom. The third-order valence-corrected chi connectivity index (χ3v) is 5.37. The van der Waals surface area contributed by atoms with Crippen molar-refractivity contribution in [3.8, 4) is 0 Å². The van der Waals surface area contributed by atoms with Crippen molar-refractivity contribution < 1.29 is 9.47 Å². The average Bonchev–Trinajstić information content (AvgIpc) is 2.75. The zero-order valence-electron chi connectivity index (χ0n) is 10.8. The summed E-state index contributed by atoms with van der Waals surface area (Å²) >= 11 is 3.71. The van der Waals surface area contributed by atoms with Gasteiger partial charge in [0.05, 0.1) is 19.3 Å². The number of halogens is 1.